The van der Waals surface area contributed by atoms with E-state index in [0.29, 0.717) is 19.3 Å². The Bertz CT molecular complexity index is 455. The number of carboxylic acids is 1. The van der Waals surface area contributed by atoms with Crippen LogP contribution in [0.2, 0.25) is 0 Å². The molecule has 3 N–H and O–H groups in total. The number of esters is 2. The van der Waals surface area contributed by atoms with Gasteiger partial charge in [0.25, 0.3) is 0 Å². The highest BCUT2D eigenvalue weighted by Crippen LogP contribution is 2.22. The Labute approximate surface area is 150 Å². The average molecular weight is 359 g/mol. The molecule has 0 bridgehead atoms. The van der Waals surface area contributed by atoms with Crippen LogP contribution < -0.4 is 5.73 Å². The molecule has 7 heteroatoms. The largest absolute Gasteiger partial charge is 0.481 e. The minimum atomic E-state index is -1.08. The number of hydrogen-bond acceptors (Lipinski definition) is 6. The molecule has 0 aliphatic carbocycles. The summed E-state index contributed by atoms with van der Waals surface area (Å²) in [6.07, 6.45) is 0.264. The Hall–Kier alpha value is -1.63. The number of rotatable bonds is 10. The summed E-state index contributed by atoms with van der Waals surface area (Å²) in [6, 6.07) is -1.08. The molecule has 0 aromatic carbocycles. The lowest BCUT2D eigenvalue weighted by molar-refractivity contribution is -0.196. The van der Waals surface area contributed by atoms with Crippen molar-refractivity contribution in [2.75, 3.05) is 0 Å². The molecule has 0 saturated carbocycles. The van der Waals surface area contributed by atoms with Crippen LogP contribution in [0.4, 0.5) is 0 Å². The van der Waals surface area contributed by atoms with E-state index in [-0.39, 0.29) is 12.3 Å². The van der Waals surface area contributed by atoms with Gasteiger partial charge in [-0.15, -0.1) is 0 Å². The second-order valence-corrected chi connectivity index (χ2v) is 7.82. The number of aliphatic carboxylic acids is 1. The standard InChI is InChI=1S/C18H33NO6/c1-7-8-14(25-17(23)18(4,5)6)24-16(22)15(19)12(9-11(2)3)10-13(20)21/h11-12,14-15H,7-10,19H2,1-6H3,(H,20,21). The van der Waals surface area contributed by atoms with Crippen molar-refractivity contribution in [2.45, 2.75) is 79.6 Å². The Kier molecular flexibility index (Phi) is 9.70. The third-order valence-corrected chi connectivity index (χ3v) is 3.61. The third-order valence-electron chi connectivity index (χ3n) is 3.61. The van der Waals surface area contributed by atoms with E-state index >= 15 is 0 Å². The van der Waals surface area contributed by atoms with Crippen molar-refractivity contribution < 1.29 is 29.0 Å². The first-order valence-electron chi connectivity index (χ1n) is 8.77. The van der Waals surface area contributed by atoms with Crippen molar-refractivity contribution in [1.82, 2.24) is 0 Å². The number of carboxylic acid groups (broad SMARTS) is 1. The monoisotopic (exact) mass is 359 g/mol. The average Bonchev–Trinajstić information content (AvgIpc) is 2.43. The van der Waals surface area contributed by atoms with Gasteiger partial charge < -0.3 is 20.3 Å². The van der Waals surface area contributed by atoms with Crippen molar-refractivity contribution >= 4 is 17.9 Å². The van der Waals surface area contributed by atoms with Gasteiger partial charge in [-0.25, -0.2) is 0 Å². The summed E-state index contributed by atoms with van der Waals surface area (Å²) in [5, 5.41) is 9.03. The predicted octanol–water partition coefficient (Wildman–Crippen LogP) is 2.71. The highest BCUT2D eigenvalue weighted by atomic mass is 16.7. The van der Waals surface area contributed by atoms with E-state index in [9.17, 15) is 14.4 Å². The number of carbonyl (C=O) groups excluding carboxylic acids is 2. The number of hydrogen-bond donors (Lipinski definition) is 2. The highest BCUT2D eigenvalue weighted by molar-refractivity contribution is 5.78. The summed E-state index contributed by atoms with van der Waals surface area (Å²) in [6.45, 7) is 10.8. The van der Waals surface area contributed by atoms with Gasteiger partial charge in [-0.3, -0.25) is 14.4 Å². The quantitative estimate of drug-likeness (QED) is 0.455. The summed E-state index contributed by atoms with van der Waals surface area (Å²) < 4.78 is 10.5. The number of nitrogens with two attached hydrogens (primary N) is 1. The van der Waals surface area contributed by atoms with E-state index in [4.69, 9.17) is 20.3 Å². The molecule has 0 heterocycles. The lowest BCUT2D eigenvalue weighted by Gasteiger charge is -2.26. The minimum absolute atomic E-state index is 0.188. The van der Waals surface area contributed by atoms with Crippen LogP contribution in [0.5, 0.6) is 0 Å². The van der Waals surface area contributed by atoms with Crippen molar-refractivity contribution in [3.8, 4) is 0 Å². The van der Waals surface area contributed by atoms with Gasteiger partial charge in [-0.2, -0.15) is 0 Å². The molecule has 0 aromatic heterocycles. The minimum Gasteiger partial charge on any atom is -0.481 e. The predicted molar refractivity (Wildman–Crippen MR) is 93.5 cm³/mol. The smallest absolute Gasteiger partial charge is 0.326 e. The highest BCUT2D eigenvalue weighted by Gasteiger charge is 2.32. The maximum atomic E-state index is 12.3. The van der Waals surface area contributed by atoms with Gasteiger partial charge in [0.2, 0.25) is 6.29 Å². The lowest BCUT2D eigenvalue weighted by atomic mass is 9.88. The molecule has 0 aliphatic heterocycles. The summed E-state index contributed by atoms with van der Waals surface area (Å²) in [7, 11) is 0. The molecule has 3 atom stereocenters. The topological polar surface area (TPSA) is 116 Å². The number of ether oxygens (including phenoxy) is 2. The molecule has 7 nitrogen and oxygen atoms in total. The van der Waals surface area contributed by atoms with Crippen molar-refractivity contribution in [2.24, 2.45) is 23.0 Å². The molecule has 0 rings (SSSR count). The molecule has 0 amide bonds. The zero-order valence-corrected chi connectivity index (χ0v) is 16.2. The van der Waals surface area contributed by atoms with E-state index < -0.39 is 41.6 Å². The first-order chi connectivity index (χ1) is 11.4. The first kappa shape index (κ1) is 23.4. The van der Waals surface area contributed by atoms with Gasteiger partial charge in [-0.1, -0.05) is 20.8 Å². The fourth-order valence-electron chi connectivity index (χ4n) is 2.26. The van der Waals surface area contributed by atoms with Crippen LogP contribution in [-0.4, -0.2) is 35.3 Å². The third kappa shape index (κ3) is 9.43. The first-order valence-corrected chi connectivity index (χ1v) is 8.77. The summed E-state index contributed by atoms with van der Waals surface area (Å²) in [5.74, 6) is -2.58. The molecule has 146 valence electrons. The van der Waals surface area contributed by atoms with E-state index in [1.165, 1.54) is 0 Å². The summed E-state index contributed by atoms with van der Waals surface area (Å²) in [5.41, 5.74) is 5.22. The summed E-state index contributed by atoms with van der Waals surface area (Å²) in [4.78, 5) is 35.4. The van der Waals surface area contributed by atoms with Crippen LogP contribution in [0.15, 0.2) is 0 Å². The molecule has 0 aliphatic rings. The summed E-state index contributed by atoms with van der Waals surface area (Å²) >= 11 is 0. The SMILES string of the molecule is CCCC(OC(=O)C(N)C(CC(=O)O)CC(C)C)OC(=O)C(C)(C)C. The van der Waals surface area contributed by atoms with Gasteiger partial charge in [0.1, 0.15) is 6.04 Å². The van der Waals surface area contributed by atoms with Gasteiger partial charge in [0.05, 0.1) is 11.8 Å². The van der Waals surface area contributed by atoms with Gasteiger partial charge in [0, 0.05) is 6.42 Å². The van der Waals surface area contributed by atoms with Crippen LogP contribution in [0.3, 0.4) is 0 Å². The van der Waals surface area contributed by atoms with Crippen molar-refractivity contribution in [3.05, 3.63) is 0 Å². The van der Waals surface area contributed by atoms with Crippen LogP contribution >= 0.6 is 0 Å². The van der Waals surface area contributed by atoms with E-state index in [1.54, 1.807) is 20.8 Å². The molecular weight excluding hydrogens is 326 g/mol. The zero-order valence-electron chi connectivity index (χ0n) is 16.2. The Balaban J connectivity index is 5.00. The van der Waals surface area contributed by atoms with Gasteiger partial charge in [-0.05, 0) is 45.4 Å². The molecule has 0 radical (unpaired) electrons. The fourth-order valence-corrected chi connectivity index (χ4v) is 2.26. The fraction of sp³-hybridized carbons (Fsp3) is 0.833. The lowest BCUT2D eigenvalue weighted by Crippen LogP contribution is -2.43. The van der Waals surface area contributed by atoms with Crippen LogP contribution in [0, 0.1) is 17.3 Å². The molecule has 0 fully saturated rings. The van der Waals surface area contributed by atoms with Gasteiger partial charge >= 0.3 is 17.9 Å². The maximum absolute atomic E-state index is 12.3. The van der Waals surface area contributed by atoms with Crippen LogP contribution in [0.25, 0.3) is 0 Å². The second kappa shape index (κ2) is 10.4. The second-order valence-electron chi connectivity index (χ2n) is 7.82. The molecule has 25 heavy (non-hydrogen) atoms. The van der Waals surface area contributed by atoms with Crippen molar-refractivity contribution in [3.63, 3.8) is 0 Å². The Morgan fingerprint density at radius 1 is 1.12 bits per heavy atom. The molecule has 0 aromatic rings. The van der Waals surface area contributed by atoms with E-state index in [1.807, 2.05) is 20.8 Å². The molecule has 0 saturated heterocycles. The van der Waals surface area contributed by atoms with E-state index in [0.717, 1.165) is 0 Å². The van der Waals surface area contributed by atoms with Crippen LogP contribution in [-0.2, 0) is 23.9 Å². The molecule has 3 unspecified atom stereocenters. The maximum Gasteiger partial charge on any atom is 0.326 e. The van der Waals surface area contributed by atoms with Crippen LogP contribution in [0.1, 0.15) is 67.2 Å². The Morgan fingerprint density at radius 3 is 2.08 bits per heavy atom. The Morgan fingerprint density at radius 2 is 1.68 bits per heavy atom. The van der Waals surface area contributed by atoms with Crippen molar-refractivity contribution in [1.29, 1.82) is 0 Å². The molecule has 0 spiro atoms. The van der Waals surface area contributed by atoms with E-state index in [2.05, 4.69) is 0 Å². The molecular formula is C18H33NO6. The van der Waals surface area contributed by atoms with Gasteiger partial charge in [0.15, 0.2) is 0 Å². The zero-order chi connectivity index (χ0) is 19.8. The normalized spacial score (nSPS) is 15.4. The number of carbonyl (C=O) groups is 3.